The van der Waals surface area contributed by atoms with Crippen molar-refractivity contribution in [3.63, 3.8) is 0 Å². The number of nitrogens with two attached hydrogens (primary N) is 1. The summed E-state index contributed by atoms with van der Waals surface area (Å²) in [5.74, 6) is 0.704. The van der Waals surface area contributed by atoms with Crippen LogP contribution in [0.2, 0.25) is 0 Å². The minimum atomic E-state index is -0.771. The van der Waals surface area contributed by atoms with Crippen molar-refractivity contribution in [3.05, 3.63) is 0 Å². The van der Waals surface area contributed by atoms with E-state index in [1.54, 1.807) is 11.8 Å². The highest BCUT2D eigenvalue weighted by molar-refractivity contribution is 8.00. The predicted molar refractivity (Wildman–Crippen MR) is 63.9 cm³/mol. The van der Waals surface area contributed by atoms with Crippen molar-refractivity contribution < 1.29 is 9.53 Å². The molecule has 1 aliphatic rings. The molecular weight excluding hydrogens is 210 g/mol. The van der Waals surface area contributed by atoms with Crippen LogP contribution in [0.3, 0.4) is 0 Å². The van der Waals surface area contributed by atoms with Gasteiger partial charge in [0.2, 0.25) is 0 Å². The molecule has 1 rings (SSSR count). The zero-order valence-electron chi connectivity index (χ0n) is 10.0. The summed E-state index contributed by atoms with van der Waals surface area (Å²) < 4.78 is 4.94. The minimum absolute atomic E-state index is 0.132. The van der Waals surface area contributed by atoms with E-state index < -0.39 is 5.54 Å². The first kappa shape index (κ1) is 12.8. The first-order valence-electron chi connectivity index (χ1n) is 5.31. The van der Waals surface area contributed by atoms with Crippen molar-refractivity contribution >= 4 is 17.7 Å². The maximum atomic E-state index is 11.7. The lowest BCUT2D eigenvalue weighted by molar-refractivity contribution is -0.146. The number of ether oxygens (including phenoxy) is 1. The number of carbonyl (C=O) groups excluding carboxylic acids is 1. The van der Waals surface area contributed by atoms with E-state index in [0.717, 1.165) is 12.8 Å². The Labute approximate surface area is 96.1 Å². The fourth-order valence-corrected chi connectivity index (χ4v) is 2.49. The summed E-state index contributed by atoms with van der Waals surface area (Å²) in [7, 11) is 1.41. The van der Waals surface area contributed by atoms with Crippen LogP contribution >= 0.6 is 11.8 Å². The van der Waals surface area contributed by atoms with Gasteiger partial charge in [0.05, 0.1) is 7.11 Å². The zero-order valence-corrected chi connectivity index (χ0v) is 10.8. The second-order valence-corrected chi connectivity index (χ2v) is 7.01. The molecule has 3 nitrogen and oxygen atoms in total. The Hall–Kier alpha value is -0.220. The Balaban J connectivity index is 2.61. The molecule has 88 valence electrons. The molecule has 4 heteroatoms. The molecule has 0 amide bonds. The molecule has 0 saturated heterocycles. The van der Waals surface area contributed by atoms with E-state index in [-0.39, 0.29) is 10.7 Å². The van der Waals surface area contributed by atoms with Crippen molar-refractivity contribution in [2.24, 2.45) is 11.7 Å². The summed E-state index contributed by atoms with van der Waals surface area (Å²) in [5.41, 5.74) is 5.40. The number of hydrogen-bond donors (Lipinski definition) is 1. The number of rotatable bonds is 4. The van der Waals surface area contributed by atoms with Crippen molar-refractivity contribution in [2.75, 3.05) is 12.9 Å². The summed E-state index contributed by atoms with van der Waals surface area (Å²) in [6, 6.07) is 0. The molecule has 0 aliphatic heterocycles. The number of thioether (sulfide) groups is 1. The molecular formula is C11H21NO2S. The van der Waals surface area contributed by atoms with Gasteiger partial charge in [-0.05, 0) is 18.8 Å². The lowest BCUT2D eigenvalue weighted by Gasteiger charge is -2.29. The van der Waals surface area contributed by atoms with Crippen molar-refractivity contribution in [1.82, 2.24) is 0 Å². The van der Waals surface area contributed by atoms with E-state index in [9.17, 15) is 4.79 Å². The molecule has 1 aliphatic carbocycles. The lowest BCUT2D eigenvalue weighted by atomic mass is 9.97. The summed E-state index contributed by atoms with van der Waals surface area (Å²) in [6.07, 6.45) is 2.10. The first-order valence-corrected chi connectivity index (χ1v) is 6.29. The van der Waals surface area contributed by atoms with Crippen LogP contribution in [-0.4, -0.2) is 29.1 Å². The third-order valence-corrected chi connectivity index (χ3v) is 4.10. The van der Waals surface area contributed by atoms with Crippen molar-refractivity contribution in [3.8, 4) is 0 Å². The molecule has 1 saturated carbocycles. The molecule has 0 aromatic rings. The lowest BCUT2D eigenvalue weighted by Crippen LogP contribution is -2.53. The SMILES string of the molecule is COC(=O)C(N)(CSC(C)(C)C)C1CC1. The summed E-state index contributed by atoms with van der Waals surface area (Å²) >= 11 is 1.73. The van der Waals surface area contributed by atoms with Gasteiger partial charge in [-0.25, -0.2) is 0 Å². The average molecular weight is 231 g/mol. The molecule has 2 N–H and O–H groups in total. The fraction of sp³-hybridized carbons (Fsp3) is 0.909. The Bertz CT molecular complexity index is 245. The second kappa shape index (κ2) is 4.34. The number of hydrogen-bond acceptors (Lipinski definition) is 4. The van der Waals surface area contributed by atoms with Gasteiger partial charge in [0.25, 0.3) is 0 Å². The molecule has 0 heterocycles. The maximum Gasteiger partial charge on any atom is 0.326 e. The monoisotopic (exact) mass is 231 g/mol. The molecule has 1 fully saturated rings. The molecule has 0 radical (unpaired) electrons. The van der Waals surface area contributed by atoms with Gasteiger partial charge in [-0.3, -0.25) is 4.79 Å². The Morgan fingerprint density at radius 3 is 2.33 bits per heavy atom. The molecule has 0 bridgehead atoms. The number of methoxy groups -OCH3 is 1. The highest BCUT2D eigenvalue weighted by Gasteiger charge is 2.49. The number of carbonyl (C=O) groups is 1. The molecule has 0 aromatic carbocycles. The molecule has 1 atom stereocenters. The first-order chi connectivity index (χ1) is 6.79. The van der Waals surface area contributed by atoms with E-state index in [1.165, 1.54) is 7.11 Å². The topological polar surface area (TPSA) is 52.3 Å². The van der Waals surface area contributed by atoms with Crippen LogP contribution in [0.25, 0.3) is 0 Å². The van der Waals surface area contributed by atoms with Gasteiger partial charge in [0.15, 0.2) is 0 Å². The maximum absolute atomic E-state index is 11.7. The van der Waals surface area contributed by atoms with Crippen LogP contribution in [0.4, 0.5) is 0 Å². The summed E-state index contributed by atoms with van der Waals surface area (Å²) in [6.45, 7) is 6.38. The van der Waals surface area contributed by atoms with Crippen LogP contribution in [0.15, 0.2) is 0 Å². The van der Waals surface area contributed by atoms with Crippen molar-refractivity contribution in [1.29, 1.82) is 0 Å². The van der Waals surface area contributed by atoms with Gasteiger partial charge in [0, 0.05) is 10.5 Å². The Morgan fingerprint density at radius 1 is 1.47 bits per heavy atom. The standard InChI is InChI=1S/C11H21NO2S/c1-10(2,3)15-7-11(12,8-5-6-8)9(13)14-4/h8H,5-7,12H2,1-4H3. The van der Waals surface area contributed by atoms with Crippen LogP contribution in [0.1, 0.15) is 33.6 Å². The van der Waals surface area contributed by atoms with E-state index in [0.29, 0.717) is 11.7 Å². The Kier molecular flexibility index (Phi) is 3.71. The molecule has 1 unspecified atom stereocenters. The largest absolute Gasteiger partial charge is 0.468 e. The third-order valence-electron chi connectivity index (χ3n) is 2.62. The number of esters is 1. The Morgan fingerprint density at radius 2 is 2.00 bits per heavy atom. The highest BCUT2D eigenvalue weighted by Crippen LogP contribution is 2.42. The van der Waals surface area contributed by atoms with E-state index >= 15 is 0 Å². The van der Waals surface area contributed by atoms with E-state index in [1.807, 2.05) is 0 Å². The summed E-state index contributed by atoms with van der Waals surface area (Å²) in [4.78, 5) is 11.7. The van der Waals surface area contributed by atoms with E-state index in [2.05, 4.69) is 20.8 Å². The predicted octanol–water partition coefficient (Wildman–Crippen LogP) is 1.80. The fourth-order valence-electron chi connectivity index (χ4n) is 1.47. The van der Waals surface area contributed by atoms with E-state index in [4.69, 9.17) is 10.5 Å². The highest BCUT2D eigenvalue weighted by atomic mass is 32.2. The van der Waals surface area contributed by atoms with Gasteiger partial charge >= 0.3 is 5.97 Å². The van der Waals surface area contributed by atoms with Gasteiger partial charge in [-0.1, -0.05) is 20.8 Å². The van der Waals surface area contributed by atoms with Crippen LogP contribution in [0.5, 0.6) is 0 Å². The molecule has 15 heavy (non-hydrogen) atoms. The van der Waals surface area contributed by atoms with Crippen molar-refractivity contribution in [2.45, 2.75) is 43.9 Å². The third kappa shape index (κ3) is 3.38. The molecule has 0 spiro atoms. The zero-order chi connectivity index (χ0) is 11.7. The molecule has 0 aromatic heterocycles. The second-order valence-electron chi connectivity index (χ2n) is 5.21. The smallest absolute Gasteiger partial charge is 0.326 e. The minimum Gasteiger partial charge on any atom is -0.468 e. The van der Waals surface area contributed by atoms with Gasteiger partial charge < -0.3 is 10.5 Å². The van der Waals surface area contributed by atoms with Crippen LogP contribution < -0.4 is 5.73 Å². The van der Waals surface area contributed by atoms with Gasteiger partial charge in [-0.15, -0.1) is 0 Å². The van der Waals surface area contributed by atoms with Gasteiger partial charge in [0.1, 0.15) is 5.54 Å². The summed E-state index contributed by atoms with van der Waals surface area (Å²) in [5, 5.41) is 0. The van der Waals surface area contributed by atoms with Crippen LogP contribution in [0, 0.1) is 5.92 Å². The van der Waals surface area contributed by atoms with Crippen LogP contribution in [-0.2, 0) is 9.53 Å². The average Bonchev–Trinajstić information content (AvgIpc) is 2.94. The quantitative estimate of drug-likeness (QED) is 0.750. The van der Waals surface area contributed by atoms with Gasteiger partial charge in [-0.2, -0.15) is 11.8 Å². The normalized spacial score (nSPS) is 20.9.